The maximum absolute atomic E-state index is 12.4. The van der Waals surface area contributed by atoms with Gasteiger partial charge in [-0.3, -0.25) is 9.59 Å². The predicted molar refractivity (Wildman–Crippen MR) is 102 cm³/mol. The maximum Gasteiger partial charge on any atom is 0.635 e. The average molecular weight is 370 g/mol. The minimum atomic E-state index is -2.05. The molecule has 0 aliphatic carbocycles. The van der Waals surface area contributed by atoms with E-state index in [1.165, 1.54) is 6.92 Å². The third-order valence-corrected chi connectivity index (χ3v) is 3.96. The summed E-state index contributed by atoms with van der Waals surface area (Å²) in [6.07, 6.45) is -0.774. The van der Waals surface area contributed by atoms with Crippen LogP contribution in [0.2, 0.25) is 0 Å². The Bertz CT molecular complexity index is 752. The summed E-state index contributed by atoms with van der Waals surface area (Å²) in [4.78, 5) is 24.6. The van der Waals surface area contributed by atoms with E-state index in [2.05, 4.69) is 10.6 Å². The van der Waals surface area contributed by atoms with Gasteiger partial charge < -0.3 is 25.3 Å². The first-order chi connectivity index (χ1) is 12.8. The van der Waals surface area contributed by atoms with Gasteiger partial charge in [-0.15, -0.1) is 0 Å². The fourth-order valence-corrected chi connectivity index (χ4v) is 2.39. The van der Waals surface area contributed by atoms with Gasteiger partial charge in [-0.25, -0.2) is 0 Å². The third kappa shape index (κ3) is 6.86. The van der Waals surface area contributed by atoms with Gasteiger partial charge >= 0.3 is 7.32 Å². The highest BCUT2D eigenvalue weighted by Crippen LogP contribution is 2.10. The standard InChI is InChI=1S/C19H23BN2O5/c1-13-8-10-15(11-9-13)12-17(27-20(25)26)22-19(24)14(2)18(23)21-16-6-4-3-5-7-16/h3-11,14,17,25-26H,12H2,1-2H3,(H,21,23)(H,22,24)/t14?,17-/m1/s1. The van der Waals surface area contributed by atoms with Gasteiger partial charge in [0.1, 0.15) is 12.1 Å². The van der Waals surface area contributed by atoms with Crippen molar-refractivity contribution in [3.05, 3.63) is 65.7 Å². The predicted octanol–water partition coefficient (Wildman–Crippen LogP) is 1.24. The molecule has 4 N–H and O–H groups in total. The fourth-order valence-electron chi connectivity index (χ4n) is 2.39. The van der Waals surface area contributed by atoms with Crippen LogP contribution >= 0.6 is 0 Å². The molecule has 0 bridgehead atoms. The summed E-state index contributed by atoms with van der Waals surface area (Å²) in [5.74, 6) is -2.05. The van der Waals surface area contributed by atoms with Gasteiger partial charge in [0.2, 0.25) is 11.8 Å². The van der Waals surface area contributed by atoms with Crippen molar-refractivity contribution in [3.8, 4) is 0 Å². The van der Waals surface area contributed by atoms with Crippen LogP contribution in [0.3, 0.4) is 0 Å². The van der Waals surface area contributed by atoms with E-state index in [9.17, 15) is 9.59 Å². The van der Waals surface area contributed by atoms with E-state index in [-0.39, 0.29) is 6.42 Å². The summed E-state index contributed by atoms with van der Waals surface area (Å²) < 4.78 is 4.95. The lowest BCUT2D eigenvalue weighted by Gasteiger charge is -2.21. The SMILES string of the molecule is Cc1ccc(C[C@H](NC(=O)C(C)C(=O)Nc2ccccc2)OB(O)O)cc1. The molecule has 27 heavy (non-hydrogen) atoms. The minimum absolute atomic E-state index is 0.219. The number of hydrogen-bond donors (Lipinski definition) is 4. The summed E-state index contributed by atoms with van der Waals surface area (Å²) in [7, 11) is -2.05. The zero-order chi connectivity index (χ0) is 19.8. The molecular weight excluding hydrogens is 347 g/mol. The molecule has 0 radical (unpaired) electrons. The Morgan fingerprint density at radius 2 is 1.67 bits per heavy atom. The van der Waals surface area contributed by atoms with Crippen LogP contribution in [-0.2, 0) is 20.7 Å². The van der Waals surface area contributed by atoms with E-state index >= 15 is 0 Å². The van der Waals surface area contributed by atoms with Gasteiger partial charge in [0.05, 0.1) is 0 Å². The highest BCUT2D eigenvalue weighted by atomic mass is 16.6. The number of anilines is 1. The lowest BCUT2D eigenvalue weighted by Crippen LogP contribution is -2.46. The number of aryl methyl sites for hydroxylation is 1. The summed E-state index contributed by atoms with van der Waals surface area (Å²) in [5, 5.41) is 23.4. The van der Waals surface area contributed by atoms with Crippen LogP contribution in [0.25, 0.3) is 0 Å². The molecule has 1 unspecified atom stereocenters. The number of nitrogens with one attached hydrogen (secondary N) is 2. The molecule has 0 heterocycles. The lowest BCUT2D eigenvalue weighted by molar-refractivity contribution is -0.133. The number of para-hydroxylation sites is 1. The second kappa shape index (κ2) is 9.87. The average Bonchev–Trinajstić information content (AvgIpc) is 2.63. The topological polar surface area (TPSA) is 108 Å². The molecule has 2 rings (SSSR count). The summed E-state index contributed by atoms with van der Waals surface area (Å²) in [5.41, 5.74) is 2.50. The Hall–Kier alpha value is -2.68. The van der Waals surface area contributed by atoms with E-state index in [4.69, 9.17) is 14.7 Å². The first kappa shape index (κ1) is 20.6. The second-order valence-electron chi connectivity index (χ2n) is 6.23. The van der Waals surface area contributed by atoms with E-state index < -0.39 is 31.3 Å². The highest BCUT2D eigenvalue weighted by molar-refractivity contribution is 6.32. The molecule has 8 heteroatoms. The molecule has 142 valence electrons. The molecule has 0 saturated heterocycles. The first-order valence-corrected chi connectivity index (χ1v) is 8.58. The minimum Gasteiger partial charge on any atom is -0.402 e. The number of carbonyl (C=O) groups is 2. The quantitative estimate of drug-likeness (QED) is 0.318. The van der Waals surface area contributed by atoms with Gasteiger partial charge in [0.25, 0.3) is 0 Å². The molecule has 2 amide bonds. The van der Waals surface area contributed by atoms with Crippen molar-refractivity contribution in [2.24, 2.45) is 5.92 Å². The van der Waals surface area contributed by atoms with E-state index in [1.807, 2.05) is 37.3 Å². The van der Waals surface area contributed by atoms with Gasteiger partial charge in [0, 0.05) is 12.1 Å². The van der Waals surface area contributed by atoms with Crippen LogP contribution in [0.4, 0.5) is 5.69 Å². The summed E-state index contributed by atoms with van der Waals surface area (Å²) in [6, 6.07) is 16.3. The summed E-state index contributed by atoms with van der Waals surface area (Å²) in [6.45, 7) is 3.41. The molecule has 2 atom stereocenters. The summed E-state index contributed by atoms with van der Waals surface area (Å²) >= 11 is 0. The highest BCUT2D eigenvalue weighted by Gasteiger charge is 2.26. The van der Waals surface area contributed by atoms with Crippen LogP contribution in [0.5, 0.6) is 0 Å². The Kier molecular flexibility index (Phi) is 7.54. The van der Waals surface area contributed by atoms with Crippen molar-refractivity contribution in [3.63, 3.8) is 0 Å². The molecule has 0 aromatic heterocycles. The molecular formula is C19H23BN2O5. The van der Waals surface area contributed by atoms with Crippen molar-refractivity contribution < 1.29 is 24.3 Å². The van der Waals surface area contributed by atoms with Crippen molar-refractivity contribution in [1.29, 1.82) is 0 Å². The van der Waals surface area contributed by atoms with Crippen LogP contribution in [0, 0.1) is 12.8 Å². The smallest absolute Gasteiger partial charge is 0.402 e. The van der Waals surface area contributed by atoms with Crippen molar-refractivity contribution in [2.75, 3.05) is 5.32 Å². The van der Waals surface area contributed by atoms with Gasteiger partial charge in [0.15, 0.2) is 0 Å². The molecule has 0 aliphatic heterocycles. The second-order valence-corrected chi connectivity index (χ2v) is 6.23. The van der Waals surface area contributed by atoms with Gasteiger partial charge in [-0.2, -0.15) is 0 Å². The lowest BCUT2D eigenvalue weighted by atomic mass is 10.1. The van der Waals surface area contributed by atoms with Crippen molar-refractivity contribution >= 4 is 24.8 Å². The molecule has 0 spiro atoms. The zero-order valence-corrected chi connectivity index (χ0v) is 15.3. The zero-order valence-electron chi connectivity index (χ0n) is 15.3. The molecule has 0 fully saturated rings. The van der Waals surface area contributed by atoms with Crippen molar-refractivity contribution in [2.45, 2.75) is 26.5 Å². The van der Waals surface area contributed by atoms with Gasteiger partial charge in [-0.05, 0) is 31.5 Å². The fraction of sp³-hybridized carbons (Fsp3) is 0.263. The normalized spacial score (nSPS) is 12.7. The molecule has 2 aromatic rings. The first-order valence-electron chi connectivity index (χ1n) is 8.58. The Balaban J connectivity index is 1.98. The number of rotatable bonds is 8. The van der Waals surface area contributed by atoms with Crippen LogP contribution in [0.15, 0.2) is 54.6 Å². The van der Waals surface area contributed by atoms with E-state index in [1.54, 1.807) is 24.3 Å². The Morgan fingerprint density at radius 3 is 2.26 bits per heavy atom. The largest absolute Gasteiger partial charge is 0.635 e. The van der Waals surface area contributed by atoms with Gasteiger partial charge in [-0.1, -0.05) is 48.0 Å². The number of benzene rings is 2. The maximum atomic E-state index is 12.4. The Morgan fingerprint density at radius 1 is 1.04 bits per heavy atom. The molecule has 0 saturated carbocycles. The number of amides is 2. The van der Waals surface area contributed by atoms with Crippen LogP contribution in [0.1, 0.15) is 18.1 Å². The number of carbonyl (C=O) groups excluding carboxylic acids is 2. The molecule has 2 aromatic carbocycles. The molecule has 0 aliphatic rings. The van der Waals surface area contributed by atoms with Crippen molar-refractivity contribution in [1.82, 2.24) is 5.32 Å². The van der Waals surface area contributed by atoms with Crippen LogP contribution in [-0.4, -0.2) is 35.4 Å². The van der Waals surface area contributed by atoms with E-state index in [0.717, 1.165) is 11.1 Å². The Labute approximate surface area is 158 Å². The van der Waals surface area contributed by atoms with Crippen LogP contribution < -0.4 is 10.6 Å². The molecule has 7 nitrogen and oxygen atoms in total. The monoisotopic (exact) mass is 370 g/mol. The third-order valence-electron chi connectivity index (χ3n) is 3.96. The van der Waals surface area contributed by atoms with E-state index in [0.29, 0.717) is 5.69 Å². The number of hydrogen-bond acceptors (Lipinski definition) is 5.